The molecule has 1 nitrogen and oxygen atoms in total. The first-order chi connectivity index (χ1) is 7.75. The summed E-state index contributed by atoms with van der Waals surface area (Å²) in [6, 6.07) is 8.52. The molecule has 0 N–H and O–H groups in total. The molecule has 0 spiro atoms. The zero-order chi connectivity index (χ0) is 11.1. The highest BCUT2D eigenvalue weighted by molar-refractivity contribution is 5.99. The maximum Gasteiger partial charge on any atom is 0.156 e. The second kappa shape index (κ2) is 3.58. The van der Waals surface area contributed by atoms with Gasteiger partial charge in [0.1, 0.15) is 0 Å². The zero-order valence-corrected chi connectivity index (χ0v) is 9.57. The molecule has 3 rings (SSSR count). The Bertz CT molecular complexity index is 470. The molecule has 2 aliphatic carbocycles. The van der Waals surface area contributed by atoms with Crippen molar-refractivity contribution in [3.8, 4) is 0 Å². The van der Waals surface area contributed by atoms with Gasteiger partial charge < -0.3 is 0 Å². The van der Waals surface area contributed by atoms with Crippen LogP contribution in [0.15, 0.2) is 30.3 Å². The van der Waals surface area contributed by atoms with Gasteiger partial charge >= 0.3 is 0 Å². The largest absolute Gasteiger partial charge is 0.295 e. The zero-order valence-electron chi connectivity index (χ0n) is 9.57. The first-order valence-corrected chi connectivity index (χ1v) is 6.08. The van der Waals surface area contributed by atoms with Gasteiger partial charge in [-0.25, -0.2) is 0 Å². The number of carbonyl (C=O) groups is 1. The molecule has 0 radical (unpaired) electrons. The molecule has 0 fully saturated rings. The van der Waals surface area contributed by atoms with Crippen LogP contribution < -0.4 is 0 Å². The summed E-state index contributed by atoms with van der Waals surface area (Å²) in [5.41, 5.74) is 4.02. The van der Waals surface area contributed by atoms with Crippen molar-refractivity contribution in [3.63, 3.8) is 0 Å². The van der Waals surface area contributed by atoms with Crippen LogP contribution in [0.2, 0.25) is 0 Å². The van der Waals surface area contributed by atoms with Gasteiger partial charge in [-0.05, 0) is 47.5 Å². The molecule has 0 saturated heterocycles. The van der Waals surface area contributed by atoms with E-state index in [0.29, 0.717) is 17.6 Å². The molecule has 0 aliphatic heterocycles. The Morgan fingerprint density at radius 1 is 1.25 bits per heavy atom. The normalized spacial score (nSPS) is 28.1. The number of fused-ring (bicyclic) bond motifs is 3. The molecule has 0 bridgehead atoms. The lowest BCUT2D eigenvalue weighted by Crippen LogP contribution is -2.26. The van der Waals surface area contributed by atoms with Crippen molar-refractivity contribution in [2.45, 2.75) is 26.2 Å². The Morgan fingerprint density at radius 3 is 2.94 bits per heavy atom. The maximum atomic E-state index is 11.7. The van der Waals surface area contributed by atoms with Gasteiger partial charge in [0.15, 0.2) is 5.78 Å². The molecule has 2 aliphatic rings. The van der Waals surface area contributed by atoms with Crippen molar-refractivity contribution < 1.29 is 4.79 Å². The van der Waals surface area contributed by atoms with Crippen LogP contribution in [0.4, 0.5) is 0 Å². The monoisotopic (exact) mass is 212 g/mol. The molecule has 0 amide bonds. The molecule has 1 aromatic rings. The fraction of sp³-hybridized carbons (Fsp3) is 0.400. The second-order valence-electron chi connectivity index (χ2n) is 5.05. The van der Waals surface area contributed by atoms with Crippen molar-refractivity contribution in [1.82, 2.24) is 0 Å². The summed E-state index contributed by atoms with van der Waals surface area (Å²) in [7, 11) is 0. The van der Waals surface area contributed by atoms with E-state index in [-0.39, 0.29) is 0 Å². The van der Waals surface area contributed by atoms with Crippen LogP contribution in [0.3, 0.4) is 0 Å². The predicted molar refractivity (Wildman–Crippen MR) is 65.0 cm³/mol. The van der Waals surface area contributed by atoms with Crippen molar-refractivity contribution in [2.75, 3.05) is 0 Å². The van der Waals surface area contributed by atoms with Gasteiger partial charge in [-0.15, -0.1) is 0 Å². The van der Waals surface area contributed by atoms with Gasteiger partial charge in [0.25, 0.3) is 0 Å². The molecule has 0 heterocycles. The van der Waals surface area contributed by atoms with Crippen molar-refractivity contribution in [3.05, 3.63) is 41.5 Å². The summed E-state index contributed by atoms with van der Waals surface area (Å²) >= 11 is 0. The number of allylic oxidation sites excluding steroid dienone is 2. The molecule has 2 atom stereocenters. The molecule has 0 saturated carbocycles. The number of hydrogen-bond donors (Lipinski definition) is 0. The number of benzene rings is 1. The van der Waals surface area contributed by atoms with E-state index in [0.717, 1.165) is 12.8 Å². The highest BCUT2D eigenvalue weighted by Crippen LogP contribution is 2.42. The van der Waals surface area contributed by atoms with Gasteiger partial charge in [0.2, 0.25) is 0 Å². The number of rotatable bonds is 0. The summed E-state index contributed by atoms with van der Waals surface area (Å²) in [5.74, 6) is 1.42. The highest BCUT2D eigenvalue weighted by Gasteiger charge is 2.32. The number of ketones is 1. The van der Waals surface area contributed by atoms with E-state index in [4.69, 9.17) is 0 Å². The summed E-state index contributed by atoms with van der Waals surface area (Å²) in [4.78, 5) is 11.7. The average molecular weight is 212 g/mol. The van der Waals surface area contributed by atoms with Gasteiger partial charge in [-0.1, -0.05) is 31.2 Å². The van der Waals surface area contributed by atoms with Crippen LogP contribution in [-0.2, 0) is 11.2 Å². The molecular formula is C15H16O. The van der Waals surface area contributed by atoms with Crippen molar-refractivity contribution >= 4 is 11.4 Å². The Hall–Kier alpha value is -1.37. The van der Waals surface area contributed by atoms with E-state index < -0.39 is 0 Å². The fourth-order valence-corrected chi connectivity index (χ4v) is 3.15. The fourth-order valence-electron chi connectivity index (χ4n) is 3.15. The molecule has 1 aromatic carbocycles. The summed E-state index contributed by atoms with van der Waals surface area (Å²) < 4.78 is 0. The third-order valence-electron chi connectivity index (χ3n) is 3.98. The lowest BCUT2D eigenvalue weighted by atomic mass is 9.69. The molecular weight excluding hydrogens is 196 g/mol. The Labute approximate surface area is 96.2 Å². The molecule has 16 heavy (non-hydrogen) atoms. The van der Waals surface area contributed by atoms with E-state index in [2.05, 4.69) is 31.2 Å². The number of aryl methyl sites for hydroxylation is 1. The smallest absolute Gasteiger partial charge is 0.156 e. The van der Waals surface area contributed by atoms with E-state index in [1.165, 1.54) is 23.1 Å². The Morgan fingerprint density at radius 2 is 2.06 bits per heavy atom. The first-order valence-electron chi connectivity index (χ1n) is 6.08. The van der Waals surface area contributed by atoms with Gasteiger partial charge in [-0.3, -0.25) is 4.79 Å². The molecule has 0 aromatic heterocycles. The standard InChI is InChI=1S/C15H16O/c1-10-8-12(16)9-15-13(10)7-6-11-4-2-3-5-14(11)15/h2-5,9-10,13H,6-8H2,1H3/t10-,13+/m1/s1. The van der Waals surface area contributed by atoms with Crippen LogP contribution in [0.25, 0.3) is 5.57 Å². The van der Waals surface area contributed by atoms with E-state index in [1.807, 2.05) is 6.08 Å². The Balaban J connectivity index is 2.14. The Kier molecular flexibility index (Phi) is 2.20. The van der Waals surface area contributed by atoms with Gasteiger partial charge in [0, 0.05) is 6.42 Å². The summed E-state index contributed by atoms with van der Waals surface area (Å²) in [5, 5.41) is 0. The minimum atomic E-state index is 0.301. The highest BCUT2D eigenvalue weighted by atomic mass is 16.1. The van der Waals surface area contributed by atoms with E-state index >= 15 is 0 Å². The minimum Gasteiger partial charge on any atom is -0.295 e. The SMILES string of the molecule is C[C@@H]1CC(=O)C=C2c3ccccc3CC[C@H]21. The third kappa shape index (κ3) is 1.42. The predicted octanol–water partition coefficient (Wildman–Crippen LogP) is 3.24. The lowest BCUT2D eigenvalue weighted by Gasteiger charge is -2.34. The molecule has 1 heteroatoms. The van der Waals surface area contributed by atoms with Gasteiger partial charge in [0.05, 0.1) is 0 Å². The average Bonchev–Trinajstić information content (AvgIpc) is 2.28. The van der Waals surface area contributed by atoms with Crippen LogP contribution >= 0.6 is 0 Å². The maximum absolute atomic E-state index is 11.7. The number of hydrogen-bond acceptors (Lipinski definition) is 1. The molecule has 82 valence electrons. The lowest BCUT2D eigenvalue weighted by molar-refractivity contribution is -0.116. The van der Waals surface area contributed by atoms with Crippen LogP contribution in [0, 0.1) is 11.8 Å². The summed E-state index contributed by atoms with van der Waals surface area (Å²) in [6.45, 7) is 2.21. The first kappa shape index (κ1) is 9.83. The van der Waals surface area contributed by atoms with Crippen molar-refractivity contribution in [1.29, 1.82) is 0 Å². The van der Waals surface area contributed by atoms with Crippen molar-refractivity contribution in [2.24, 2.45) is 11.8 Å². The van der Waals surface area contributed by atoms with E-state index in [9.17, 15) is 4.79 Å². The second-order valence-corrected chi connectivity index (χ2v) is 5.05. The quantitative estimate of drug-likeness (QED) is 0.645. The summed E-state index contributed by atoms with van der Waals surface area (Å²) in [6.07, 6.45) is 4.99. The van der Waals surface area contributed by atoms with Crippen LogP contribution in [0.1, 0.15) is 30.9 Å². The minimum absolute atomic E-state index is 0.301. The van der Waals surface area contributed by atoms with Crippen LogP contribution in [-0.4, -0.2) is 5.78 Å². The van der Waals surface area contributed by atoms with Gasteiger partial charge in [-0.2, -0.15) is 0 Å². The van der Waals surface area contributed by atoms with E-state index in [1.54, 1.807) is 0 Å². The molecule has 0 unspecified atom stereocenters. The number of carbonyl (C=O) groups excluding carboxylic acids is 1. The third-order valence-corrected chi connectivity index (χ3v) is 3.98. The van der Waals surface area contributed by atoms with Crippen LogP contribution in [0.5, 0.6) is 0 Å². The topological polar surface area (TPSA) is 17.1 Å².